The van der Waals surface area contributed by atoms with Crippen LogP contribution in [0.15, 0.2) is 171 Å². The molecule has 0 unspecified atom stereocenters. The molecule has 0 N–H and O–H groups in total. The highest BCUT2D eigenvalue weighted by atomic mass is 15.0. The van der Waals surface area contributed by atoms with Gasteiger partial charge in [0.1, 0.15) is 0 Å². The lowest BCUT2D eigenvalue weighted by Crippen LogP contribution is -2.00. The minimum atomic E-state index is 0.586. The summed E-state index contributed by atoms with van der Waals surface area (Å²) in [6.07, 6.45) is 3.88. The van der Waals surface area contributed by atoms with Gasteiger partial charge in [0, 0.05) is 27.6 Å². The molecule has 0 atom stereocenters. The average Bonchev–Trinajstić information content (AvgIpc) is 3.23. The lowest BCUT2D eigenvalue weighted by Gasteiger charge is -2.17. The average molecular weight is 665 g/mol. The summed E-state index contributed by atoms with van der Waals surface area (Å²) in [6, 6.07) is 54.2. The van der Waals surface area contributed by atoms with Gasteiger partial charge in [0.2, 0.25) is 0 Å². The molecule has 0 fully saturated rings. The topological polar surface area (TPSA) is 51.6 Å². The highest BCUT2D eigenvalue weighted by Gasteiger charge is 2.18. The van der Waals surface area contributed by atoms with Gasteiger partial charge >= 0.3 is 0 Å². The maximum Gasteiger partial charge on any atom is 0.164 e. The van der Waals surface area contributed by atoms with Gasteiger partial charge in [0.05, 0.1) is 11.2 Å². The Morgan fingerprint density at radius 2 is 0.923 bits per heavy atom. The van der Waals surface area contributed by atoms with Crippen LogP contribution in [0.3, 0.4) is 0 Å². The molecular weight excluding hydrogens is 633 g/mol. The normalized spacial score (nSPS) is 11.2. The molecule has 4 heteroatoms. The van der Waals surface area contributed by atoms with Crippen LogP contribution in [0, 0.1) is 0 Å². The molecule has 0 radical (unpaired) electrons. The number of aromatic nitrogens is 4. The van der Waals surface area contributed by atoms with Gasteiger partial charge in [-0.1, -0.05) is 153 Å². The summed E-state index contributed by atoms with van der Waals surface area (Å²) in [5.74, 6) is 1.82. The van der Waals surface area contributed by atoms with Crippen LogP contribution in [0.5, 0.6) is 0 Å². The maximum atomic E-state index is 5.13. The first-order valence-electron chi connectivity index (χ1n) is 17.3. The standard InChI is InChI=1S/C48H32N4/c1-3-37-38(4-2)41-24-15-23-39(45(41)42-22-13-12-21-40(37)42)34-28-35(44-27-26-31-16-11-14-25-43(31)49-44)30-36(29-34)48-51-46(32-17-7-5-8-18-32)50-47(52-48)33-19-9-6-10-20-33/h3-30H,1-2H2. The molecule has 0 aliphatic carbocycles. The molecule has 52 heavy (non-hydrogen) atoms. The number of benzene rings is 7. The number of hydrogen-bond acceptors (Lipinski definition) is 4. The third-order valence-corrected chi connectivity index (χ3v) is 9.64. The quantitative estimate of drug-likeness (QED) is 0.159. The molecule has 244 valence electrons. The summed E-state index contributed by atoms with van der Waals surface area (Å²) in [5, 5.41) is 5.66. The van der Waals surface area contributed by atoms with Crippen molar-refractivity contribution in [1.82, 2.24) is 19.9 Å². The molecule has 9 aromatic rings. The van der Waals surface area contributed by atoms with E-state index in [-0.39, 0.29) is 0 Å². The molecule has 2 aromatic heterocycles. The van der Waals surface area contributed by atoms with Crippen molar-refractivity contribution < 1.29 is 0 Å². The third kappa shape index (κ3) is 5.44. The summed E-state index contributed by atoms with van der Waals surface area (Å²) in [7, 11) is 0. The van der Waals surface area contributed by atoms with E-state index in [9.17, 15) is 0 Å². The molecule has 0 amide bonds. The first kappa shape index (κ1) is 31.0. The smallest absolute Gasteiger partial charge is 0.164 e. The third-order valence-electron chi connectivity index (χ3n) is 9.64. The lowest BCUT2D eigenvalue weighted by molar-refractivity contribution is 1.07. The van der Waals surface area contributed by atoms with Crippen molar-refractivity contribution in [1.29, 1.82) is 0 Å². The number of pyridine rings is 1. The van der Waals surface area contributed by atoms with Crippen LogP contribution < -0.4 is 0 Å². The summed E-state index contributed by atoms with van der Waals surface area (Å²) in [6.45, 7) is 8.39. The van der Waals surface area contributed by atoms with Gasteiger partial charge < -0.3 is 0 Å². The number of nitrogens with zero attached hydrogens (tertiary/aromatic N) is 4. The van der Waals surface area contributed by atoms with Crippen LogP contribution in [-0.4, -0.2) is 19.9 Å². The Hall–Kier alpha value is -7.04. The first-order valence-corrected chi connectivity index (χ1v) is 17.3. The molecule has 0 bridgehead atoms. The van der Waals surface area contributed by atoms with E-state index in [4.69, 9.17) is 19.9 Å². The van der Waals surface area contributed by atoms with Crippen molar-refractivity contribution in [3.05, 3.63) is 182 Å². The van der Waals surface area contributed by atoms with Gasteiger partial charge in [-0.3, -0.25) is 0 Å². The van der Waals surface area contributed by atoms with Crippen molar-refractivity contribution >= 4 is 44.6 Å². The molecule has 7 aromatic carbocycles. The number of rotatable bonds is 7. The predicted molar refractivity (Wildman–Crippen MR) is 218 cm³/mol. The van der Waals surface area contributed by atoms with Crippen LogP contribution >= 0.6 is 0 Å². The Balaban J connectivity index is 1.35. The summed E-state index contributed by atoms with van der Waals surface area (Å²) in [4.78, 5) is 20.3. The van der Waals surface area contributed by atoms with Crippen LogP contribution in [0.1, 0.15) is 11.1 Å². The Labute approximate surface area is 302 Å². The van der Waals surface area contributed by atoms with E-state index in [2.05, 4.69) is 98.1 Å². The van der Waals surface area contributed by atoms with Gasteiger partial charge in [-0.2, -0.15) is 0 Å². The minimum absolute atomic E-state index is 0.586. The lowest BCUT2D eigenvalue weighted by atomic mass is 9.86. The van der Waals surface area contributed by atoms with Crippen molar-refractivity contribution in [2.45, 2.75) is 0 Å². The highest BCUT2D eigenvalue weighted by molar-refractivity contribution is 6.19. The Kier molecular flexibility index (Phi) is 7.75. The summed E-state index contributed by atoms with van der Waals surface area (Å²) >= 11 is 0. The largest absolute Gasteiger partial charge is 0.248 e. The summed E-state index contributed by atoms with van der Waals surface area (Å²) < 4.78 is 0. The van der Waals surface area contributed by atoms with Gasteiger partial charge in [-0.15, -0.1) is 0 Å². The van der Waals surface area contributed by atoms with Crippen molar-refractivity contribution in [3.63, 3.8) is 0 Å². The molecule has 4 nitrogen and oxygen atoms in total. The molecule has 0 aliphatic heterocycles. The number of fused-ring (bicyclic) bond motifs is 4. The second-order valence-corrected chi connectivity index (χ2v) is 12.7. The van der Waals surface area contributed by atoms with E-state index in [0.29, 0.717) is 17.5 Å². The van der Waals surface area contributed by atoms with Crippen molar-refractivity contribution in [2.24, 2.45) is 0 Å². The van der Waals surface area contributed by atoms with Gasteiger partial charge in [-0.25, -0.2) is 19.9 Å². The molecular formula is C48H32N4. The van der Waals surface area contributed by atoms with Crippen LogP contribution in [0.2, 0.25) is 0 Å². The monoisotopic (exact) mass is 664 g/mol. The van der Waals surface area contributed by atoms with E-state index in [1.807, 2.05) is 84.9 Å². The van der Waals surface area contributed by atoms with Crippen molar-refractivity contribution in [2.75, 3.05) is 0 Å². The molecule has 2 heterocycles. The fourth-order valence-corrected chi connectivity index (χ4v) is 7.20. The zero-order valence-electron chi connectivity index (χ0n) is 28.4. The van der Waals surface area contributed by atoms with Crippen LogP contribution in [0.25, 0.3) is 101 Å². The second-order valence-electron chi connectivity index (χ2n) is 12.7. The maximum absolute atomic E-state index is 5.13. The zero-order chi connectivity index (χ0) is 35.0. The predicted octanol–water partition coefficient (Wildman–Crippen LogP) is 12.3. The molecule has 0 aliphatic rings. The van der Waals surface area contributed by atoms with E-state index >= 15 is 0 Å². The second kappa shape index (κ2) is 13.0. The van der Waals surface area contributed by atoms with E-state index in [1.165, 1.54) is 0 Å². The van der Waals surface area contributed by atoms with Gasteiger partial charge in [0.15, 0.2) is 17.5 Å². The Bertz CT molecular complexity index is 2770. The molecule has 0 saturated heterocycles. The van der Waals surface area contributed by atoms with Gasteiger partial charge in [0.25, 0.3) is 0 Å². The molecule has 0 spiro atoms. The fourth-order valence-electron chi connectivity index (χ4n) is 7.20. The SMILES string of the molecule is C=Cc1c(C=C)c2cccc(-c3cc(-c4ccc5ccccc5n4)cc(-c4nc(-c5ccccc5)nc(-c5ccccc5)n4)c3)c2c2ccccc12. The van der Waals surface area contributed by atoms with Crippen LogP contribution in [0.4, 0.5) is 0 Å². The number of para-hydroxylation sites is 1. The minimum Gasteiger partial charge on any atom is -0.248 e. The number of hydrogen-bond donors (Lipinski definition) is 0. The fraction of sp³-hybridized carbons (Fsp3) is 0. The first-order chi connectivity index (χ1) is 25.7. The summed E-state index contributed by atoms with van der Waals surface area (Å²) in [5.41, 5.74) is 9.76. The molecule has 9 rings (SSSR count). The van der Waals surface area contributed by atoms with E-state index in [0.717, 1.165) is 82.6 Å². The van der Waals surface area contributed by atoms with Crippen LogP contribution in [-0.2, 0) is 0 Å². The zero-order valence-corrected chi connectivity index (χ0v) is 28.4. The highest BCUT2D eigenvalue weighted by Crippen LogP contribution is 2.42. The van der Waals surface area contributed by atoms with Gasteiger partial charge in [-0.05, 0) is 74.1 Å². The van der Waals surface area contributed by atoms with E-state index in [1.54, 1.807) is 0 Å². The Morgan fingerprint density at radius 1 is 0.385 bits per heavy atom. The van der Waals surface area contributed by atoms with E-state index < -0.39 is 0 Å². The Morgan fingerprint density at radius 3 is 1.62 bits per heavy atom. The molecule has 0 saturated carbocycles. The van der Waals surface area contributed by atoms with Crippen molar-refractivity contribution in [3.8, 4) is 56.5 Å².